The van der Waals surface area contributed by atoms with Crippen molar-refractivity contribution >= 4 is 46.4 Å². The van der Waals surface area contributed by atoms with Crippen LogP contribution in [0.1, 0.15) is 22.8 Å². The maximum Gasteiger partial charge on any atom is 3.00 e. The Morgan fingerprint density at radius 2 is 0.865 bits per heavy atom. The molecule has 0 spiro atoms. The average molecular weight is 780 g/mol. The molecule has 0 amide bonds. The van der Waals surface area contributed by atoms with Gasteiger partial charge in [-0.05, 0) is 83.5 Å². The van der Waals surface area contributed by atoms with Crippen LogP contribution in [0.2, 0.25) is 0 Å². The van der Waals surface area contributed by atoms with Crippen molar-refractivity contribution in [2.75, 3.05) is 0 Å². The minimum Gasteiger partial charge on any atom is -1.00 e. The van der Waals surface area contributed by atoms with E-state index >= 15 is 0 Å². The van der Waals surface area contributed by atoms with Crippen molar-refractivity contribution in [1.82, 2.24) is 19.5 Å². The van der Waals surface area contributed by atoms with Crippen LogP contribution < -0.4 is 37.2 Å². The number of benzene rings is 4. The molecule has 7 aromatic rings. The van der Waals surface area contributed by atoms with Crippen LogP contribution in [-0.2, 0) is 16.8 Å². The second-order valence-corrected chi connectivity index (χ2v) is 12.0. The third-order valence-electron chi connectivity index (χ3n) is 8.87. The van der Waals surface area contributed by atoms with Gasteiger partial charge >= 0.3 is 16.8 Å². The molecule has 4 aromatic carbocycles. The van der Waals surface area contributed by atoms with E-state index in [1.807, 2.05) is 0 Å². The van der Waals surface area contributed by atoms with E-state index in [9.17, 15) is 0 Å². The van der Waals surface area contributed by atoms with E-state index in [1.54, 1.807) is 0 Å². The third-order valence-corrected chi connectivity index (χ3v) is 8.87. The van der Waals surface area contributed by atoms with Gasteiger partial charge in [0.25, 0.3) is 0 Å². The minimum absolute atomic E-state index is 0. The molecule has 1 N–H and O–H groups in total. The predicted molar refractivity (Wildman–Crippen MR) is 200 cm³/mol. The quantitative estimate of drug-likeness (QED) is 0.298. The summed E-state index contributed by atoms with van der Waals surface area (Å²) in [4.78, 5) is 13.9. The molecule has 0 atom stereocenters. The molecule has 4 nitrogen and oxygen atoms in total. The summed E-state index contributed by atoms with van der Waals surface area (Å²) in [5.74, 6) is 0. The van der Waals surface area contributed by atoms with Crippen molar-refractivity contribution in [2.24, 2.45) is 0 Å². The smallest absolute Gasteiger partial charge is 1.00 e. The molecular formula is C44H30Cl3CoN4. The normalized spacial score (nSPS) is 11.1. The Kier molecular flexibility index (Phi) is 12.1. The number of hydrogen-bond acceptors (Lipinski definition) is 2. The Balaban J connectivity index is 0.00000131. The summed E-state index contributed by atoms with van der Waals surface area (Å²) in [5, 5.41) is 0. The Bertz CT molecular complexity index is 2550. The Morgan fingerprint density at radius 3 is 1.42 bits per heavy atom. The van der Waals surface area contributed by atoms with Crippen molar-refractivity contribution < 1.29 is 54.0 Å². The maximum atomic E-state index is 5.29. The zero-order valence-electron chi connectivity index (χ0n) is 27.6. The Labute approximate surface area is 331 Å². The molecule has 2 aliphatic heterocycles. The molecule has 2 aliphatic rings. The van der Waals surface area contributed by atoms with E-state index in [0.717, 1.165) is 83.9 Å². The van der Waals surface area contributed by atoms with Crippen LogP contribution >= 0.6 is 0 Å². The molecule has 256 valence electrons. The number of H-pyrrole nitrogens is 1. The molecule has 0 fully saturated rings. The molecule has 8 bridgehead atoms. The van der Waals surface area contributed by atoms with E-state index in [2.05, 4.69) is 186 Å². The first kappa shape index (κ1) is 38.1. The number of nitrogens with zero attached hydrogens (tertiary/aromatic N) is 3. The first-order valence-electron chi connectivity index (χ1n) is 16.2. The number of halogens is 3. The summed E-state index contributed by atoms with van der Waals surface area (Å²) in [6, 6.07) is 53.3. The summed E-state index contributed by atoms with van der Waals surface area (Å²) < 4.78 is 2.41. The van der Waals surface area contributed by atoms with Crippen LogP contribution in [0.3, 0.4) is 0 Å². The largest absolute Gasteiger partial charge is 3.00 e. The van der Waals surface area contributed by atoms with Gasteiger partial charge in [-0.1, -0.05) is 109 Å². The summed E-state index contributed by atoms with van der Waals surface area (Å²) in [6.07, 6.45) is 8.44. The van der Waals surface area contributed by atoms with Gasteiger partial charge < -0.3 is 46.8 Å². The van der Waals surface area contributed by atoms with Gasteiger partial charge in [-0.15, -0.1) is 0 Å². The fourth-order valence-electron chi connectivity index (χ4n) is 6.81. The van der Waals surface area contributed by atoms with Gasteiger partial charge in [-0.3, -0.25) is 0 Å². The van der Waals surface area contributed by atoms with E-state index in [-0.39, 0.29) is 54.0 Å². The van der Waals surface area contributed by atoms with Crippen LogP contribution in [0, 0.1) is 0 Å². The summed E-state index contributed by atoms with van der Waals surface area (Å²) in [5.41, 5.74) is 15.4. The van der Waals surface area contributed by atoms with Gasteiger partial charge in [-0.2, -0.15) is 0 Å². The number of hydrogen-bond donors (Lipinski definition) is 1. The Morgan fingerprint density at radius 1 is 0.423 bits per heavy atom. The average Bonchev–Trinajstić information content (AvgIpc) is 3.95. The number of aromatic nitrogens is 4. The van der Waals surface area contributed by atoms with Gasteiger partial charge in [0.2, 0.25) is 0 Å². The second kappa shape index (κ2) is 16.5. The number of aromatic amines is 1. The first-order chi connectivity index (χ1) is 23.8. The van der Waals surface area contributed by atoms with Crippen molar-refractivity contribution in [3.05, 3.63) is 174 Å². The number of rotatable bonds is 4. The summed E-state index contributed by atoms with van der Waals surface area (Å²) in [7, 11) is 0. The van der Waals surface area contributed by atoms with E-state index in [1.165, 1.54) is 0 Å². The molecule has 0 unspecified atom stereocenters. The van der Waals surface area contributed by atoms with Crippen LogP contribution in [0.25, 0.3) is 85.4 Å². The maximum absolute atomic E-state index is 5.29. The number of nitrogens with one attached hydrogen (secondary N) is 1. The fourth-order valence-corrected chi connectivity index (χ4v) is 6.81. The monoisotopic (exact) mass is 778 g/mol. The van der Waals surface area contributed by atoms with Crippen molar-refractivity contribution in [3.63, 3.8) is 0 Å². The van der Waals surface area contributed by atoms with Crippen molar-refractivity contribution in [1.29, 1.82) is 0 Å². The molecule has 9 rings (SSSR count). The molecule has 0 radical (unpaired) electrons. The molecule has 8 heteroatoms. The van der Waals surface area contributed by atoms with Crippen molar-refractivity contribution in [3.8, 4) is 39.1 Å². The van der Waals surface area contributed by atoms with Gasteiger partial charge in [0.05, 0.1) is 33.8 Å². The molecule has 0 saturated carbocycles. The fraction of sp³-hybridized carbons (Fsp3) is 0. The summed E-state index contributed by atoms with van der Waals surface area (Å²) in [6.45, 7) is 0. The van der Waals surface area contributed by atoms with Crippen LogP contribution in [0.5, 0.6) is 0 Å². The van der Waals surface area contributed by atoms with E-state index in [4.69, 9.17) is 9.97 Å². The third kappa shape index (κ3) is 7.15. The minimum atomic E-state index is 0. The molecule has 52 heavy (non-hydrogen) atoms. The van der Waals surface area contributed by atoms with Gasteiger partial charge in [-0.25, -0.2) is 9.97 Å². The first-order valence-corrected chi connectivity index (χ1v) is 16.2. The molecule has 3 aromatic heterocycles. The van der Waals surface area contributed by atoms with Gasteiger partial charge in [0, 0.05) is 33.4 Å². The summed E-state index contributed by atoms with van der Waals surface area (Å²) >= 11 is 0. The predicted octanol–water partition coefficient (Wildman–Crippen LogP) is 2.13. The molecule has 0 aliphatic carbocycles. The van der Waals surface area contributed by atoms with Crippen LogP contribution in [-0.4, -0.2) is 19.5 Å². The zero-order chi connectivity index (χ0) is 31.9. The molecule has 0 saturated heterocycles. The van der Waals surface area contributed by atoms with Crippen LogP contribution in [0.4, 0.5) is 0 Å². The standard InChI is InChI=1S/C44H30N4.3ClH.Co/c1-5-13-30(14-6-1)41-39-26-25-36(47-39)28-35-22-21-33(45-35)27-34-23-24-37(46-34)29-40-42(31-15-7-2-8-16-31)43(32-17-9-3-10-18-32)44(41)48(40)38-19-11-4-12-20-38;;;;/h1-29,45H;3*1H;/q;;;;+3/p-3. The van der Waals surface area contributed by atoms with Crippen LogP contribution in [0.15, 0.2) is 152 Å². The SMILES string of the molecule is C1=Cc2cc3c(-c4ccccc4)c(-c4ccccc4)c(c(-c4ccccc4)c4nc(cc5ccc(cc1n2)[nH]5)C=C4)n3-c1ccccc1.[Cl-].[Cl-].[Cl-].[Co+3]. The Hall–Kier alpha value is -5.14. The van der Waals surface area contributed by atoms with E-state index in [0.29, 0.717) is 0 Å². The van der Waals surface area contributed by atoms with Gasteiger partial charge in [0.15, 0.2) is 0 Å². The molecule has 5 heterocycles. The second-order valence-electron chi connectivity index (χ2n) is 12.0. The number of para-hydroxylation sites is 1. The number of fused-ring (bicyclic) bond motifs is 8. The van der Waals surface area contributed by atoms with Crippen molar-refractivity contribution in [2.45, 2.75) is 0 Å². The van der Waals surface area contributed by atoms with Gasteiger partial charge in [0.1, 0.15) is 0 Å². The molecular weight excluding hydrogens is 750 g/mol. The zero-order valence-corrected chi connectivity index (χ0v) is 30.9. The van der Waals surface area contributed by atoms with E-state index < -0.39 is 0 Å². The topological polar surface area (TPSA) is 46.5 Å².